The predicted molar refractivity (Wildman–Crippen MR) is 59.9 cm³/mol. The number of hydrogen-bond acceptors (Lipinski definition) is 6. The van der Waals surface area contributed by atoms with Gasteiger partial charge in [0.25, 0.3) is 0 Å². The van der Waals surface area contributed by atoms with Crippen LogP contribution in [0.1, 0.15) is 6.42 Å². The van der Waals surface area contributed by atoms with Crippen molar-refractivity contribution in [3.05, 3.63) is 28.4 Å². The average molecular weight is 244 g/mol. The van der Waals surface area contributed by atoms with Crippen LogP contribution in [0.4, 0.5) is 5.69 Å². The van der Waals surface area contributed by atoms with E-state index in [0.29, 0.717) is 17.2 Å². The fourth-order valence-corrected chi connectivity index (χ4v) is 2.76. The molecule has 0 bridgehead atoms. The maximum Gasteiger partial charge on any atom is 0.302 e. The van der Waals surface area contributed by atoms with Crippen LogP contribution < -0.4 is 0 Å². The Morgan fingerprint density at radius 1 is 1.60 bits per heavy atom. The van der Waals surface area contributed by atoms with Gasteiger partial charge in [-0.3, -0.25) is 10.1 Å². The maximum atomic E-state index is 10.6. The van der Waals surface area contributed by atoms with Gasteiger partial charge in [0, 0.05) is 24.4 Å². The lowest BCUT2D eigenvalue weighted by Gasteiger charge is -1.99. The zero-order valence-corrected chi connectivity index (χ0v) is 9.29. The first kappa shape index (κ1) is 12.0. The molecule has 1 rings (SSSR count). The molecule has 1 aromatic heterocycles. The van der Waals surface area contributed by atoms with Crippen molar-refractivity contribution in [2.24, 2.45) is 0 Å². The summed E-state index contributed by atoms with van der Waals surface area (Å²) >= 11 is 0. The summed E-state index contributed by atoms with van der Waals surface area (Å²) in [4.78, 5) is 24.1. The molecule has 0 spiro atoms. The van der Waals surface area contributed by atoms with Crippen LogP contribution in [0.3, 0.4) is 0 Å². The fourth-order valence-electron chi connectivity index (χ4n) is 0.779. The van der Waals surface area contributed by atoms with Crippen LogP contribution in [-0.4, -0.2) is 21.9 Å². The molecule has 80 valence electrons. The lowest BCUT2D eigenvalue weighted by Crippen LogP contribution is -1.91. The Labute approximate surface area is 94.2 Å². The molecule has 1 heterocycles. The van der Waals surface area contributed by atoms with Crippen molar-refractivity contribution in [3.8, 4) is 0 Å². The highest BCUT2D eigenvalue weighted by molar-refractivity contribution is 8.76. The van der Waals surface area contributed by atoms with Crippen molar-refractivity contribution in [1.29, 1.82) is 0 Å². The smallest absolute Gasteiger partial charge is 0.302 e. The molecule has 0 atom stereocenters. The van der Waals surface area contributed by atoms with Gasteiger partial charge < -0.3 is 4.79 Å². The predicted octanol–water partition coefficient (Wildman–Crippen LogP) is 2.32. The molecule has 1 aromatic rings. The Hall–Kier alpha value is -1.08. The van der Waals surface area contributed by atoms with Gasteiger partial charge in [0.1, 0.15) is 6.29 Å². The highest BCUT2D eigenvalue weighted by Gasteiger charge is 2.14. The zero-order chi connectivity index (χ0) is 11.1. The summed E-state index contributed by atoms with van der Waals surface area (Å²) < 4.78 is 0. The van der Waals surface area contributed by atoms with Gasteiger partial charge in [-0.2, -0.15) is 0 Å². The van der Waals surface area contributed by atoms with Gasteiger partial charge in [-0.1, -0.05) is 10.8 Å². The molecule has 0 aliphatic carbocycles. The SMILES string of the molecule is O=CCCSSc1ncccc1[N+](=O)[O-]. The van der Waals surface area contributed by atoms with Crippen LogP contribution in [0, 0.1) is 10.1 Å². The third-order valence-electron chi connectivity index (χ3n) is 1.40. The van der Waals surface area contributed by atoms with E-state index in [2.05, 4.69) is 4.98 Å². The highest BCUT2D eigenvalue weighted by atomic mass is 33.1. The van der Waals surface area contributed by atoms with Gasteiger partial charge >= 0.3 is 5.69 Å². The molecular weight excluding hydrogens is 236 g/mol. The summed E-state index contributed by atoms with van der Waals surface area (Å²) in [5, 5.41) is 11.0. The molecule has 7 heteroatoms. The first-order valence-corrected chi connectivity index (χ1v) is 6.40. The molecule has 0 saturated heterocycles. The second-order valence-electron chi connectivity index (χ2n) is 2.45. The fraction of sp³-hybridized carbons (Fsp3) is 0.250. The minimum Gasteiger partial charge on any atom is -0.303 e. The lowest BCUT2D eigenvalue weighted by atomic mass is 10.4. The number of carbonyl (C=O) groups is 1. The molecule has 0 saturated carbocycles. The molecule has 0 radical (unpaired) electrons. The van der Waals surface area contributed by atoms with Crippen LogP contribution >= 0.6 is 21.6 Å². The highest BCUT2D eigenvalue weighted by Crippen LogP contribution is 2.35. The van der Waals surface area contributed by atoms with Crippen LogP contribution in [0.15, 0.2) is 23.4 Å². The standard InChI is InChI=1S/C8H8N2O3S2/c11-5-2-6-14-15-8-7(10(12)13)3-1-4-9-8/h1,3-5H,2,6H2. The van der Waals surface area contributed by atoms with Gasteiger partial charge in [-0.25, -0.2) is 4.98 Å². The first-order chi connectivity index (χ1) is 7.25. The second kappa shape index (κ2) is 6.41. The topological polar surface area (TPSA) is 73.1 Å². The third-order valence-corrected chi connectivity index (χ3v) is 3.72. The quantitative estimate of drug-likeness (QED) is 0.251. The molecule has 0 amide bonds. The minimum atomic E-state index is -0.463. The second-order valence-corrected chi connectivity index (χ2v) is 4.85. The molecule has 0 N–H and O–H groups in total. The Bertz CT molecular complexity index is 359. The summed E-state index contributed by atoms with van der Waals surface area (Å²) in [6.45, 7) is 0. The Kier molecular flexibility index (Phi) is 5.13. The number of nitro groups is 1. The van der Waals surface area contributed by atoms with Crippen LogP contribution in [0.2, 0.25) is 0 Å². The molecule has 0 aromatic carbocycles. The van der Waals surface area contributed by atoms with Gasteiger partial charge in [-0.15, -0.1) is 0 Å². The first-order valence-electron chi connectivity index (χ1n) is 4.08. The number of pyridine rings is 1. The summed E-state index contributed by atoms with van der Waals surface area (Å²) in [5.41, 5.74) is 0.00102. The Balaban J connectivity index is 2.59. The van der Waals surface area contributed by atoms with E-state index in [1.165, 1.54) is 39.9 Å². The number of aromatic nitrogens is 1. The normalized spacial score (nSPS) is 9.87. The van der Waals surface area contributed by atoms with Crippen molar-refractivity contribution in [2.75, 3.05) is 5.75 Å². The van der Waals surface area contributed by atoms with Gasteiger partial charge in [-0.05, 0) is 16.9 Å². The maximum absolute atomic E-state index is 10.6. The van der Waals surface area contributed by atoms with Crippen molar-refractivity contribution in [1.82, 2.24) is 4.98 Å². The summed E-state index contributed by atoms with van der Waals surface area (Å²) in [5.74, 6) is 0.627. The number of rotatable bonds is 6. The van der Waals surface area contributed by atoms with E-state index in [1.807, 2.05) is 0 Å². The molecule has 5 nitrogen and oxygen atoms in total. The Morgan fingerprint density at radius 2 is 2.40 bits per heavy atom. The van der Waals surface area contributed by atoms with E-state index in [1.54, 1.807) is 0 Å². The van der Waals surface area contributed by atoms with Crippen LogP contribution in [0.5, 0.6) is 0 Å². The molecule has 0 fully saturated rings. The van der Waals surface area contributed by atoms with E-state index >= 15 is 0 Å². The van der Waals surface area contributed by atoms with E-state index in [4.69, 9.17) is 0 Å². The summed E-state index contributed by atoms with van der Waals surface area (Å²) in [6, 6.07) is 2.94. The molecule has 0 aliphatic rings. The van der Waals surface area contributed by atoms with Gasteiger partial charge in [0.15, 0.2) is 5.03 Å². The minimum absolute atomic E-state index is 0.00102. The van der Waals surface area contributed by atoms with Crippen LogP contribution in [-0.2, 0) is 4.79 Å². The number of nitrogens with zero attached hydrogens (tertiary/aromatic N) is 2. The average Bonchev–Trinajstić information content (AvgIpc) is 2.25. The van der Waals surface area contributed by atoms with E-state index in [9.17, 15) is 14.9 Å². The number of hydrogen-bond donors (Lipinski definition) is 0. The number of aldehydes is 1. The van der Waals surface area contributed by atoms with Crippen molar-refractivity contribution < 1.29 is 9.72 Å². The van der Waals surface area contributed by atoms with Gasteiger partial charge in [0.2, 0.25) is 0 Å². The molecule has 15 heavy (non-hydrogen) atoms. The molecular formula is C8H8N2O3S2. The van der Waals surface area contributed by atoms with Crippen molar-refractivity contribution >= 4 is 33.6 Å². The van der Waals surface area contributed by atoms with Gasteiger partial charge in [0.05, 0.1) is 4.92 Å². The van der Waals surface area contributed by atoms with E-state index in [0.717, 1.165) is 6.29 Å². The Morgan fingerprint density at radius 3 is 3.07 bits per heavy atom. The lowest BCUT2D eigenvalue weighted by molar-refractivity contribution is -0.388. The van der Waals surface area contributed by atoms with E-state index < -0.39 is 4.92 Å². The largest absolute Gasteiger partial charge is 0.303 e. The summed E-state index contributed by atoms with van der Waals surface area (Å²) in [6.07, 6.45) is 2.77. The summed E-state index contributed by atoms with van der Waals surface area (Å²) in [7, 11) is 2.60. The van der Waals surface area contributed by atoms with Crippen molar-refractivity contribution in [2.45, 2.75) is 11.4 Å². The zero-order valence-electron chi connectivity index (χ0n) is 7.66. The van der Waals surface area contributed by atoms with Crippen LogP contribution in [0.25, 0.3) is 0 Å². The molecule has 0 unspecified atom stereocenters. The molecule has 0 aliphatic heterocycles. The van der Waals surface area contributed by atoms with Crippen molar-refractivity contribution in [3.63, 3.8) is 0 Å². The van der Waals surface area contributed by atoms with E-state index in [-0.39, 0.29) is 5.69 Å². The third kappa shape index (κ3) is 3.88. The number of carbonyl (C=O) groups excluding carboxylic acids is 1. The monoisotopic (exact) mass is 244 g/mol.